The number of para-hydroxylation sites is 1. The molecule has 0 saturated heterocycles. The number of halogens is 3. The van der Waals surface area contributed by atoms with E-state index in [1.165, 1.54) is 29.1 Å². The van der Waals surface area contributed by atoms with Crippen LogP contribution in [0.2, 0.25) is 0 Å². The van der Waals surface area contributed by atoms with Crippen molar-refractivity contribution in [3.05, 3.63) is 77.6 Å². The van der Waals surface area contributed by atoms with Crippen LogP contribution in [-0.2, 0) is 12.9 Å². The van der Waals surface area contributed by atoms with Gasteiger partial charge in [0.15, 0.2) is 12.4 Å². The van der Waals surface area contributed by atoms with E-state index >= 15 is 0 Å². The molecule has 5 nitrogen and oxygen atoms in total. The highest BCUT2D eigenvalue weighted by Crippen LogP contribution is 2.31. The van der Waals surface area contributed by atoms with Crippen LogP contribution in [0.3, 0.4) is 0 Å². The fraction of sp³-hybridized carbons (Fsp3) is 0.158. The molecule has 1 aromatic heterocycles. The van der Waals surface area contributed by atoms with E-state index in [-0.39, 0.29) is 24.1 Å². The average Bonchev–Trinajstić information content (AvgIpc) is 3.11. The van der Waals surface area contributed by atoms with Gasteiger partial charge < -0.3 is 10.1 Å². The van der Waals surface area contributed by atoms with Gasteiger partial charge in [-0.2, -0.15) is 18.3 Å². The summed E-state index contributed by atoms with van der Waals surface area (Å²) in [4.78, 5) is 12.3. The summed E-state index contributed by atoms with van der Waals surface area (Å²) in [5, 5.41) is 6.84. The maximum Gasteiger partial charge on any atom is 0.416 e. The first-order chi connectivity index (χ1) is 12.8. The molecule has 0 saturated carbocycles. The minimum atomic E-state index is -4.44. The van der Waals surface area contributed by atoms with E-state index in [1.807, 2.05) is 25.1 Å². The molecule has 1 heterocycles. The van der Waals surface area contributed by atoms with Crippen LogP contribution < -0.4 is 10.1 Å². The molecule has 27 heavy (non-hydrogen) atoms. The lowest BCUT2D eigenvalue weighted by atomic mass is 10.2. The second-order valence-corrected chi connectivity index (χ2v) is 5.81. The molecule has 0 aliphatic heterocycles. The quantitative estimate of drug-likeness (QED) is 0.714. The number of hydrogen-bond donors (Lipinski definition) is 1. The summed E-state index contributed by atoms with van der Waals surface area (Å²) in [7, 11) is 0. The number of rotatable bonds is 5. The van der Waals surface area contributed by atoms with Gasteiger partial charge in [-0.25, -0.2) is 4.68 Å². The molecule has 0 radical (unpaired) electrons. The van der Waals surface area contributed by atoms with Crippen LogP contribution in [0.5, 0.6) is 5.75 Å². The van der Waals surface area contributed by atoms with Gasteiger partial charge in [0.2, 0.25) is 0 Å². The van der Waals surface area contributed by atoms with Crippen LogP contribution in [0, 0.1) is 6.92 Å². The first-order valence-electron chi connectivity index (χ1n) is 8.03. The number of aromatic nitrogens is 2. The molecule has 1 N–H and O–H groups in total. The molecule has 0 atom stereocenters. The number of benzene rings is 2. The van der Waals surface area contributed by atoms with Crippen molar-refractivity contribution in [3.63, 3.8) is 0 Å². The van der Waals surface area contributed by atoms with Gasteiger partial charge in [0, 0.05) is 11.9 Å². The van der Waals surface area contributed by atoms with Crippen molar-refractivity contribution in [3.8, 4) is 5.75 Å². The largest absolute Gasteiger partial charge is 0.471 e. The average molecular weight is 375 g/mol. The monoisotopic (exact) mass is 375 g/mol. The summed E-state index contributed by atoms with van der Waals surface area (Å²) in [5.41, 5.74) is 0.972. The molecule has 0 aliphatic carbocycles. The Morgan fingerprint density at radius 1 is 1.15 bits per heavy atom. The molecular formula is C19H16F3N3O2. The predicted molar refractivity (Wildman–Crippen MR) is 93.4 cm³/mol. The lowest BCUT2D eigenvalue weighted by Gasteiger charge is -2.10. The maximum absolute atomic E-state index is 12.7. The Hall–Kier alpha value is -3.29. The molecular weight excluding hydrogens is 359 g/mol. The minimum absolute atomic E-state index is 0.0613. The Morgan fingerprint density at radius 2 is 1.93 bits per heavy atom. The number of nitrogens with one attached hydrogen (secondary N) is 1. The smallest absolute Gasteiger partial charge is 0.416 e. The minimum Gasteiger partial charge on any atom is -0.471 e. The van der Waals surface area contributed by atoms with Gasteiger partial charge in [0.05, 0.1) is 5.56 Å². The molecule has 3 aromatic rings. The summed E-state index contributed by atoms with van der Waals surface area (Å²) in [6.45, 7) is 1.75. The SMILES string of the molecule is Cc1ccccc1NC(=O)c1ccn(COc2cccc(C(F)(F)F)c2)n1. The van der Waals surface area contributed by atoms with E-state index in [2.05, 4.69) is 10.4 Å². The van der Waals surface area contributed by atoms with Gasteiger partial charge in [-0.15, -0.1) is 0 Å². The lowest BCUT2D eigenvalue weighted by molar-refractivity contribution is -0.137. The highest BCUT2D eigenvalue weighted by atomic mass is 19.4. The number of nitrogens with zero attached hydrogens (tertiary/aromatic N) is 2. The Morgan fingerprint density at radius 3 is 2.67 bits per heavy atom. The highest BCUT2D eigenvalue weighted by Gasteiger charge is 2.30. The molecule has 0 fully saturated rings. The first kappa shape index (κ1) is 18.5. The molecule has 0 aliphatic rings. The summed E-state index contributed by atoms with van der Waals surface area (Å²) in [6.07, 6.45) is -2.92. The van der Waals surface area contributed by atoms with E-state index in [4.69, 9.17) is 4.74 Å². The standard InChI is InChI=1S/C19H16F3N3O2/c1-13-5-2-3-8-16(13)23-18(26)17-9-10-25(24-17)12-27-15-7-4-6-14(11-15)19(20,21)22/h2-11H,12H2,1H3,(H,23,26). The number of carbonyl (C=O) groups is 1. The molecule has 0 bridgehead atoms. The van der Waals surface area contributed by atoms with Gasteiger partial charge in [0.1, 0.15) is 5.75 Å². The number of ether oxygens (including phenoxy) is 1. The summed E-state index contributed by atoms with van der Waals surface area (Å²) in [6, 6.07) is 13.4. The summed E-state index contributed by atoms with van der Waals surface area (Å²) < 4.78 is 44.8. The second kappa shape index (κ2) is 7.53. The van der Waals surface area contributed by atoms with Crippen molar-refractivity contribution >= 4 is 11.6 Å². The number of carbonyl (C=O) groups excluding carboxylic acids is 1. The summed E-state index contributed by atoms with van der Waals surface area (Å²) >= 11 is 0. The molecule has 3 rings (SSSR count). The van der Waals surface area contributed by atoms with Crippen molar-refractivity contribution in [1.29, 1.82) is 0 Å². The zero-order valence-corrected chi connectivity index (χ0v) is 14.3. The van der Waals surface area contributed by atoms with Crippen molar-refractivity contribution in [1.82, 2.24) is 9.78 Å². The fourth-order valence-corrected chi connectivity index (χ4v) is 2.36. The normalized spacial score (nSPS) is 11.3. The Balaban J connectivity index is 1.63. The topological polar surface area (TPSA) is 56.2 Å². The van der Waals surface area contributed by atoms with Crippen molar-refractivity contribution in [2.75, 3.05) is 5.32 Å². The predicted octanol–water partition coefficient (Wildman–Crippen LogP) is 4.50. The van der Waals surface area contributed by atoms with Crippen LogP contribution in [0.4, 0.5) is 18.9 Å². The third-order valence-corrected chi connectivity index (χ3v) is 3.79. The number of anilines is 1. The van der Waals surface area contributed by atoms with Gasteiger partial charge in [-0.1, -0.05) is 24.3 Å². The Labute approximate surface area is 153 Å². The third kappa shape index (κ3) is 4.66. The van der Waals surface area contributed by atoms with Gasteiger partial charge in [-0.3, -0.25) is 4.79 Å². The van der Waals surface area contributed by atoms with Gasteiger partial charge in [0.25, 0.3) is 5.91 Å². The third-order valence-electron chi connectivity index (χ3n) is 3.79. The van der Waals surface area contributed by atoms with E-state index in [1.54, 1.807) is 6.07 Å². The van der Waals surface area contributed by atoms with Gasteiger partial charge >= 0.3 is 6.18 Å². The van der Waals surface area contributed by atoms with Crippen LogP contribution in [0.15, 0.2) is 60.8 Å². The molecule has 1 amide bonds. The highest BCUT2D eigenvalue weighted by molar-refractivity contribution is 6.03. The Bertz CT molecular complexity index is 951. The molecule has 2 aromatic carbocycles. The summed E-state index contributed by atoms with van der Waals surface area (Å²) in [5.74, 6) is -0.326. The zero-order valence-electron chi connectivity index (χ0n) is 14.3. The van der Waals surface area contributed by atoms with Gasteiger partial charge in [-0.05, 0) is 42.8 Å². The number of hydrogen-bond acceptors (Lipinski definition) is 3. The van der Waals surface area contributed by atoms with E-state index < -0.39 is 11.7 Å². The van der Waals surface area contributed by atoms with E-state index in [0.29, 0.717) is 5.69 Å². The van der Waals surface area contributed by atoms with Crippen LogP contribution in [0.1, 0.15) is 21.6 Å². The maximum atomic E-state index is 12.7. The molecule has 0 spiro atoms. The van der Waals surface area contributed by atoms with Crippen LogP contribution >= 0.6 is 0 Å². The molecule has 140 valence electrons. The van der Waals surface area contributed by atoms with Crippen molar-refractivity contribution in [2.45, 2.75) is 19.8 Å². The number of aryl methyl sites for hydroxylation is 1. The Kier molecular flexibility index (Phi) is 5.16. The van der Waals surface area contributed by atoms with Crippen LogP contribution in [0.25, 0.3) is 0 Å². The zero-order chi connectivity index (χ0) is 19.4. The molecule has 0 unspecified atom stereocenters. The fourth-order valence-electron chi connectivity index (χ4n) is 2.36. The lowest BCUT2D eigenvalue weighted by Crippen LogP contribution is -2.15. The number of alkyl halides is 3. The molecule has 8 heteroatoms. The number of amides is 1. The van der Waals surface area contributed by atoms with Crippen molar-refractivity contribution < 1.29 is 22.7 Å². The van der Waals surface area contributed by atoms with E-state index in [0.717, 1.165) is 17.7 Å². The first-order valence-corrected chi connectivity index (χ1v) is 8.03. The second-order valence-electron chi connectivity index (χ2n) is 5.81. The van der Waals surface area contributed by atoms with Crippen LogP contribution in [-0.4, -0.2) is 15.7 Å². The van der Waals surface area contributed by atoms with E-state index in [9.17, 15) is 18.0 Å². The van der Waals surface area contributed by atoms with Crippen molar-refractivity contribution in [2.24, 2.45) is 0 Å².